The van der Waals surface area contributed by atoms with Gasteiger partial charge in [0, 0.05) is 34.9 Å². The Hall–Kier alpha value is -2.99. The second kappa shape index (κ2) is 6.87. The minimum atomic E-state index is -1.33. The number of amides is 1. The number of ether oxygens (including phenoxy) is 1. The van der Waals surface area contributed by atoms with Crippen LogP contribution in [0.3, 0.4) is 0 Å². The Bertz CT molecular complexity index is 993. The summed E-state index contributed by atoms with van der Waals surface area (Å²) >= 11 is 1.50. The molecule has 142 valence electrons. The normalized spacial score (nSPS) is 23.5. The first-order chi connectivity index (χ1) is 13.5. The molecule has 0 bridgehead atoms. The number of benzene rings is 1. The molecule has 6 heteroatoms. The van der Waals surface area contributed by atoms with Gasteiger partial charge in [-0.15, -0.1) is 11.3 Å². The molecule has 2 aromatic rings. The first-order valence-electron chi connectivity index (χ1n) is 8.90. The van der Waals surface area contributed by atoms with Crippen LogP contribution in [-0.4, -0.2) is 41.8 Å². The Labute approximate surface area is 166 Å². The number of carbonyl (C=O) groups excluding carboxylic acids is 3. The summed E-state index contributed by atoms with van der Waals surface area (Å²) in [6, 6.07) is 12.7. The van der Waals surface area contributed by atoms with Gasteiger partial charge in [0.05, 0.1) is 7.11 Å². The van der Waals surface area contributed by atoms with Gasteiger partial charge in [0.25, 0.3) is 5.91 Å². The molecule has 1 saturated heterocycles. The van der Waals surface area contributed by atoms with Crippen molar-refractivity contribution in [1.82, 2.24) is 4.90 Å². The topological polar surface area (TPSA) is 63.7 Å². The molecule has 5 nitrogen and oxygen atoms in total. The molecule has 2 aliphatic rings. The van der Waals surface area contributed by atoms with Gasteiger partial charge in [-0.2, -0.15) is 0 Å². The van der Waals surface area contributed by atoms with Gasteiger partial charge in [-0.1, -0.05) is 30.8 Å². The lowest BCUT2D eigenvalue weighted by molar-refractivity contribution is -0.153. The third-order valence-electron chi connectivity index (χ3n) is 5.48. The summed E-state index contributed by atoms with van der Waals surface area (Å²) in [4.78, 5) is 41.4. The van der Waals surface area contributed by atoms with Crippen LogP contribution in [-0.2, 0) is 20.7 Å². The minimum absolute atomic E-state index is 0.189. The predicted octanol–water partition coefficient (Wildman–Crippen LogP) is 3.04. The Balaban J connectivity index is 1.89. The molecule has 0 spiro atoms. The van der Waals surface area contributed by atoms with E-state index in [1.165, 1.54) is 24.5 Å². The van der Waals surface area contributed by atoms with Crippen molar-refractivity contribution in [2.24, 2.45) is 5.92 Å². The van der Waals surface area contributed by atoms with E-state index in [-0.39, 0.29) is 24.7 Å². The van der Waals surface area contributed by atoms with Gasteiger partial charge in [-0.3, -0.25) is 9.59 Å². The lowest BCUT2D eigenvalue weighted by Crippen LogP contribution is -2.59. The summed E-state index contributed by atoms with van der Waals surface area (Å²) in [5.74, 6) is -1.55. The van der Waals surface area contributed by atoms with Gasteiger partial charge in [0.15, 0.2) is 11.3 Å². The molecule has 0 radical (unpaired) electrons. The molecule has 0 N–H and O–H groups in total. The lowest BCUT2D eigenvalue weighted by atomic mass is 9.77. The first kappa shape index (κ1) is 18.4. The average Bonchev–Trinajstić information content (AvgIpc) is 3.40. The van der Waals surface area contributed by atoms with Crippen LogP contribution >= 0.6 is 11.3 Å². The molecule has 1 aliphatic heterocycles. The zero-order valence-electron chi connectivity index (χ0n) is 15.4. The van der Waals surface area contributed by atoms with Crippen molar-refractivity contribution >= 4 is 29.0 Å². The molecule has 0 unspecified atom stereocenters. The maximum Gasteiger partial charge on any atom is 0.333 e. The second-order valence-electron chi connectivity index (χ2n) is 6.97. The zero-order chi connectivity index (χ0) is 19.9. The van der Waals surface area contributed by atoms with Crippen molar-refractivity contribution in [1.29, 1.82) is 0 Å². The molecule has 2 atom stereocenters. The van der Waals surface area contributed by atoms with Gasteiger partial charge in [-0.05, 0) is 35.2 Å². The van der Waals surface area contributed by atoms with E-state index in [2.05, 4.69) is 6.58 Å². The lowest BCUT2D eigenvalue weighted by Gasteiger charge is -2.39. The Kier molecular flexibility index (Phi) is 4.51. The summed E-state index contributed by atoms with van der Waals surface area (Å²) < 4.78 is 5.19. The monoisotopic (exact) mass is 393 g/mol. The number of hydrogen-bond donors (Lipinski definition) is 0. The van der Waals surface area contributed by atoms with Crippen LogP contribution in [0.2, 0.25) is 0 Å². The van der Waals surface area contributed by atoms with E-state index in [4.69, 9.17) is 4.74 Å². The maximum absolute atomic E-state index is 13.4. The summed E-state index contributed by atoms with van der Waals surface area (Å²) in [7, 11) is 1.31. The molecule has 1 fully saturated rings. The zero-order valence-corrected chi connectivity index (χ0v) is 16.2. The minimum Gasteiger partial charge on any atom is -0.467 e. The molecule has 1 aromatic carbocycles. The highest BCUT2D eigenvalue weighted by molar-refractivity contribution is 7.09. The van der Waals surface area contributed by atoms with Crippen LogP contribution in [0.25, 0.3) is 0 Å². The summed E-state index contributed by atoms with van der Waals surface area (Å²) in [5.41, 5.74) is 0.225. The molecule has 28 heavy (non-hydrogen) atoms. The van der Waals surface area contributed by atoms with Crippen molar-refractivity contribution in [2.75, 3.05) is 13.7 Å². The standard InChI is InChI=1S/C22H19NO4S/c1-14-18(24)11-16-13-23(20(25)15-7-4-3-5-8-15)22(19(14)16,21(26)27-2)12-17-9-6-10-28-17/h3-11,19H,1,12-13H2,2H3/t19-,22+/m0/s1. The van der Waals surface area contributed by atoms with Gasteiger partial charge in [0.2, 0.25) is 0 Å². The van der Waals surface area contributed by atoms with Gasteiger partial charge in [-0.25, -0.2) is 4.79 Å². The number of fused-ring (bicyclic) bond motifs is 1. The number of carbonyl (C=O) groups is 3. The van der Waals surface area contributed by atoms with E-state index in [9.17, 15) is 14.4 Å². The van der Waals surface area contributed by atoms with Crippen LogP contribution < -0.4 is 0 Å². The molecule has 1 aromatic heterocycles. The number of hydrogen-bond acceptors (Lipinski definition) is 5. The van der Waals surface area contributed by atoms with E-state index < -0.39 is 17.4 Å². The summed E-state index contributed by atoms with van der Waals surface area (Å²) in [5, 5.41) is 1.92. The van der Waals surface area contributed by atoms with E-state index in [0.29, 0.717) is 11.1 Å². The van der Waals surface area contributed by atoms with Crippen molar-refractivity contribution in [3.63, 3.8) is 0 Å². The third kappa shape index (κ3) is 2.64. The number of rotatable bonds is 4. The first-order valence-corrected chi connectivity index (χ1v) is 9.78. The van der Waals surface area contributed by atoms with Crippen LogP contribution in [0.4, 0.5) is 0 Å². The summed E-state index contributed by atoms with van der Waals surface area (Å²) in [6.07, 6.45) is 1.78. The third-order valence-corrected chi connectivity index (χ3v) is 6.36. The molecule has 2 heterocycles. The molecular formula is C22H19NO4S. The fraction of sp³-hybridized carbons (Fsp3) is 0.227. The molecule has 4 rings (SSSR count). The Morgan fingerprint density at radius 2 is 2.00 bits per heavy atom. The van der Waals surface area contributed by atoms with Crippen LogP contribution in [0.15, 0.2) is 71.6 Å². The van der Waals surface area contributed by atoms with E-state index in [0.717, 1.165) is 10.5 Å². The van der Waals surface area contributed by atoms with E-state index in [1.54, 1.807) is 29.2 Å². The molecule has 1 amide bonds. The van der Waals surface area contributed by atoms with Gasteiger partial charge in [0.1, 0.15) is 0 Å². The quantitative estimate of drug-likeness (QED) is 0.592. The van der Waals surface area contributed by atoms with E-state index >= 15 is 0 Å². The maximum atomic E-state index is 13.4. The smallest absolute Gasteiger partial charge is 0.333 e. The predicted molar refractivity (Wildman–Crippen MR) is 106 cm³/mol. The molecular weight excluding hydrogens is 374 g/mol. The number of ketones is 1. The highest BCUT2D eigenvalue weighted by Gasteiger charge is 2.62. The van der Waals surface area contributed by atoms with E-state index in [1.807, 2.05) is 23.6 Å². The summed E-state index contributed by atoms with van der Waals surface area (Å²) in [6.45, 7) is 4.14. The van der Waals surface area contributed by atoms with Crippen molar-refractivity contribution in [2.45, 2.75) is 12.0 Å². The number of nitrogens with zero attached hydrogens (tertiary/aromatic N) is 1. The van der Waals surface area contributed by atoms with Crippen LogP contribution in [0.1, 0.15) is 15.2 Å². The fourth-order valence-electron chi connectivity index (χ4n) is 4.26. The van der Waals surface area contributed by atoms with Crippen molar-refractivity contribution < 1.29 is 19.1 Å². The molecule has 1 aliphatic carbocycles. The number of allylic oxidation sites excluding steroid dienone is 1. The van der Waals surface area contributed by atoms with Crippen LogP contribution in [0.5, 0.6) is 0 Å². The van der Waals surface area contributed by atoms with Crippen molar-refractivity contribution in [3.8, 4) is 0 Å². The second-order valence-corrected chi connectivity index (χ2v) is 8.00. The van der Waals surface area contributed by atoms with Crippen molar-refractivity contribution in [3.05, 3.63) is 82.1 Å². The van der Waals surface area contributed by atoms with Crippen LogP contribution in [0, 0.1) is 5.92 Å². The van der Waals surface area contributed by atoms with Gasteiger partial charge < -0.3 is 9.64 Å². The number of esters is 1. The SMILES string of the molecule is C=C1C(=O)C=C2CN(C(=O)c3ccccc3)[C@@](Cc3cccs3)(C(=O)OC)[C@@H]12. The Morgan fingerprint density at radius 3 is 2.64 bits per heavy atom. The number of likely N-dealkylation sites (tertiary alicyclic amines) is 1. The highest BCUT2D eigenvalue weighted by Crippen LogP contribution is 2.49. The molecule has 0 saturated carbocycles. The highest BCUT2D eigenvalue weighted by atomic mass is 32.1. The van der Waals surface area contributed by atoms with Gasteiger partial charge >= 0.3 is 5.97 Å². The number of thiophene rings is 1. The fourth-order valence-corrected chi connectivity index (χ4v) is 5.06. The Morgan fingerprint density at radius 1 is 1.25 bits per heavy atom. The number of methoxy groups -OCH3 is 1. The average molecular weight is 393 g/mol. The largest absolute Gasteiger partial charge is 0.467 e.